The summed E-state index contributed by atoms with van der Waals surface area (Å²) >= 11 is 0. The third-order valence-corrected chi connectivity index (χ3v) is 16.4. The average Bonchev–Trinajstić information content (AvgIpc) is 3.40. The quantitative estimate of drug-likeness (QED) is 0.0446. The van der Waals surface area contributed by atoms with Crippen LogP contribution in [-0.4, -0.2) is 74.1 Å². The van der Waals surface area contributed by atoms with E-state index in [9.17, 15) is 14.4 Å². The van der Waals surface area contributed by atoms with Crippen molar-refractivity contribution in [3.05, 3.63) is 0 Å². The normalized spacial score (nSPS) is 12.9. The molecule has 3 unspecified atom stereocenters. The molecule has 0 heterocycles. The lowest BCUT2D eigenvalue weighted by Gasteiger charge is -2.33. The maximum absolute atomic E-state index is 14.1. The Kier molecular flexibility index (Phi) is 57.2. The number of ether oxygens (including phenoxy) is 2. The molecular weight excluding hydrogens is 925 g/mol. The number of hydrogen-bond donors (Lipinski definition) is 0. The van der Waals surface area contributed by atoms with Crippen LogP contribution in [-0.2, 0) is 23.9 Å². The fourth-order valence-electron chi connectivity index (χ4n) is 11.3. The molecule has 7 heteroatoms. The van der Waals surface area contributed by atoms with Gasteiger partial charge in [0.2, 0.25) is 5.91 Å². The van der Waals surface area contributed by atoms with Crippen molar-refractivity contribution in [1.29, 1.82) is 0 Å². The predicted molar refractivity (Wildman–Crippen MR) is 327 cm³/mol. The highest BCUT2D eigenvalue weighted by molar-refractivity contribution is 5.76. The van der Waals surface area contributed by atoms with E-state index in [1.807, 2.05) is 0 Å². The number of unbranched alkanes of at least 4 members (excludes halogenated alkanes) is 34. The second-order valence-electron chi connectivity index (χ2n) is 24.2. The first-order valence-electron chi connectivity index (χ1n) is 34.0. The Bertz CT molecular complexity index is 1190. The summed E-state index contributed by atoms with van der Waals surface area (Å²) in [4.78, 5) is 44.8. The number of nitrogens with zero attached hydrogens (tertiary/aromatic N) is 2. The van der Waals surface area contributed by atoms with Crippen LogP contribution in [0.4, 0.5) is 0 Å². The van der Waals surface area contributed by atoms with Gasteiger partial charge in [0.05, 0.1) is 13.2 Å². The number of carbonyl (C=O) groups excluding carboxylic acids is 3. The van der Waals surface area contributed by atoms with E-state index in [0.717, 1.165) is 90.1 Å². The van der Waals surface area contributed by atoms with Gasteiger partial charge < -0.3 is 19.3 Å². The summed E-state index contributed by atoms with van der Waals surface area (Å²) in [5.41, 5.74) is 0. The van der Waals surface area contributed by atoms with Crippen molar-refractivity contribution in [2.75, 3.05) is 40.4 Å². The molecule has 0 spiro atoms. The Morgan fingerprint density at radius 2 is 0.573 bits per heavy atom. The molecule has 446 valence electrons. The van der Waals surface area contributed by atoms with Crippen LogP contribution >= 0.6 is 0 Å². The number of carbonyl (C=O) groups is 3. The molecule has 0 aromatic rings. The molecule has 0 saturated heterocycles. The topological polar surface area (TPSA) is 76.2 Å². The van der Waals surface area contributed by atoms with Gasteiger partial charge in [-0.25, -0.2) is 0 Å². The molecule has 75 heavy (non-hydrogen) atoms. The zero-order valence-corrected chi connectivity index (χ0v) is 52.1. The number of amides is 1. The average molecular weight is 1060 g/mol. The first-order chi connectivity index (χ1) is 36.7. The maximum atomic E-state index is 14.1. The molecule has 0 bridgehead atoms. The van der Waals surface area contributed by atoms with E-state index in [1.165, 1.54) is 231 Å². The van der Waals surface area contributed by atoms with E-state index in [2.05, 4.69) is 58.5 Å². The molecule has 0 aliphatic rings. The van der Waals surface area contributed by atoms with Crippen LogP contribution in [0.5, 0.6) is 0 Å². The lowest BCUT2D eigenvalue weighted by molar-refractivity contribution is -0.146. The summed E-state index contributed by atoms with van der Waals surface area (Å²) in [6.07, 6.45) is 60.6. The number of rotatable bonds is 61. The highest BCUT2D eigenvalue weighted by Crippen LogP contribution is 2.25. The van der Waals surface area contributed by atoms with E-state index < -0.39 is 0 Å². The molecule has 0 aromatic heterocycles. The van der Waals surface area contributed by atoms with Gasteiger partial charge in [-0.15, -0.1) is 0 Å². The van der Waals surface area contributed by atoms with Crippen molar-refractivity contribution < 1.29 is 23.9 Å². The van der Waals surface area contributed by atoms with Crippen molar-refractivity contribution in [1.82, 2.24) is 9.80 Å². The van der Waals surface area contributed by atoms with Crippen LogP contribution in [0.1, 0.15) is 362 Å². The van der Waals surface area contributed by atoms with Crippen LogP contribution in [0.2, 0.25) is 0 Å². The highest BCUT2D eigenvalue weighted by atomic mass is 16.5. The zero-order valence-electron chi connectivity index (χ0n) is 52.1. The maximum Gasteiger partial charge on any atom is 0.305 e. The Morgan fingerprint density at radius 3 is 0.893 bits per heavy atom. The van der Waals surface area contributed by atoms with Crippen molar-refractivity contribution >= 4 is 17.8 Å². The van der Waals surface area contributed by atoms with Crippen molar-refractivity contribution in [3.8, 4) is 0 Å². The van der Waals surface area contributed by atoms with Gasteiger partial charge in [-0.2, -0.15) is 0 Å². The largest absolute Gasteiger partial charge is 0.465 e. The second kappa shape index (κ2) is 58.5. The fraction of sp³-hybridized carbons (Fsp3) is 0.956. The summed E-state index contributed by atoms with van der Waals surface area (Å²) < 4.78 is 12.0. The van der Waals surface area contributed by atoms with Crippen LogP contribution in [0.25, 0.3) is 0 Å². The summed E-state index contributed by atoms with van der Waals surface area (Å²) in [5, 5.41) is 0. The van der Waals surface area contributed by atoms with E-state index in [-0.39, 0.29) is 18.0 Å². The van der Waals surface area contributed by atoms with E-state index in [1.54, 1.807) is 0 Å². The van der Waals surface area contributed by atoms with Gasteiger partial charge in [-0.3, -0.25) is 14.4 Å². The van der Waals surface area contributed by atoms with Gasteiger partial charge >= 0.3 is 11.9 Å². The molecule has 0 aliphatic heterocycles. The number of hydrogen-bond acceptors (Lipinski definition) is 6. The minimum absolute atomic E-state index is 0.0141. The summed E-state index contributed by atoms with van der Waals surface area (Å²) in [7, 11) is 4.25. The molecular formula is C68H134N2O5. The molecule has 1 amide bonds. The first-order valence-corrected chi connectivity index (χ1v) is 34.0. The predicted octanol–water partition coefficient (Wildman–Crippen LogP) is 21.1. The van der Waals surface area contributed by atoms with Gasteiger partial charge in [0.15, 0.2) is 0 Å². The Labute approximate surface area is 469 Å². The van der Waals surface area contributed by atoms with E-state index in [0.29, 0.717) is 50.2 Å². The van der Waals surface area contributed by atoms with Gasteiger partial charge in [-0.05, 0) is 96.7 Å². The lowest BCUT2D eigenvalue weighted by Crippen LogP contribution is -2.41. The SMILES string of the molecule is CCCCCCCCCCC(CCCCCCCC)COC(=O)CCCCCCC(CCCCCC(=O)OCC(CCCCCCCC)CCCCCCCCCC)N(CCCN(C)C)C(=O)CCCCCCCC. The Hall–Kier alpha value is -1.63. The second-order valence-corrected chi connectivity index (χ2v) is 24.2. The van der Waals surface area contributed by atoms with Crippen LogP contribution < -0.4 is 0 Å². The molecule has 0 rings (SSSR count). The monoisotopic (exact) mass is 1060 g/mol. The molecule has 0 N–H and O–H groups in total. The van der Waals surface area contributed by atoms with E-state index in [4.69, 9.17) is 9.47 Å². The fourth-order valence-corrected chi connectivity index (χ4v) is 11.3. The van der Waals surface area contributed by atoms with Crippen LogP contribution in [0.3, 0.4) is 0 Å². The van der Waals surface area contributed by atoms with Crippen LogP contribution in [0.15, 0.2) is 0 Å². The smallest absolute Gasteiger partial charge is 0.305 e. The standard InChI is InChI=1S/C68H134N2O5/c1-8-13-18-23-28-30-34-42-52-63(50-40-32-25-20-15-10-3)61-74-67(72)57-47-38-37-44-54-65(70(60-49-59-69(6)7)66(71)56-46-36-27-22-17-12-5)55-45-39-48-58-68(73)75-62-64(51-41-33-26-21-16-11-4)53-43-35-31-29-24-19-14-9-2/h63-65H,8-62H2,1-7H3. The molecule has 0 radical (unpaired) electrons. The van der Waals surface area contributed by atoms with Gasteiger partial charge in [0.1, 0.15) is 0 Å². The van der Waals surface area contributed by atoms with Crippen molar-refractivity contribution in [2.24, 2.45) is 11.8 Å². The van der Waals surface area contributed by atoms with Gasteiger partial charge in [0.25, 0.3) is 0 Å². The third-order valence-electron chi connectivity index (χ3n) is 16.4. The minimum atomic E-state index is -0.0227. The van der Waals surface area contributed by atoms with Gasteiger partial charge in [0, 0.05) is 31.8 Å². The summed E-state index contributed by atoms with van der Waals surface area (Å²) in [5.74, 6) is 1.29. The Morgan fingerprint density at radius 1 is 0.307 bits per heavy atom. The molecule has 3 atom stereocenters. The first kappa shape index (κ1) is 73.4. The summed E-state index contributed by atoms with van der Waals surface area (Å²) in [6.45, 7) is 14.4. The van der Waals surface area contributed by atoms with E-state index >= 15 is 0 Å². The van der Waals surface area contributed by atoms with Crippen molar-refractivity contribution in [3.63, 3.8) is 0 Å². The molecule has 0 saturated carbocycles. The van der Waals surface area contributed by atoms with Gasteiger partial charge in [-0.1, -0.05) is 279 Å². The zero-order chi connectivity index (χ0) is 54.9. The summed E-state index contributed by atoms with van der Waals surface area (Å²) in [6, 6.07) is 0.223. The highest BCUT2D eigenvalue weighted by Gasteiger charge is 2.23. The minimum Gasteiger partial charge on any atom is -0.465 e. The Balaban J connectivity index is 5.34. The molecule has 0 aliphatic carbocycles. The van der Waals surface area contributed by atoms with Crippen molar-refractivity contribution in [2.45, 2.75) is 368 Å². The van der Waals surface area contributed by atoms with Crippen LogP contribution in [0, 0.1) is 11.8 Å². The number of esters is 2. The molecule has 0 aromatic carbocycles. The lowest BCUT2D eigenvalue weighted by atomic mass is 9.94. The molecule has 0 fully saturated rings. The third kappa shape index (κ3) is 51.6. The molecule has 7 nitrogen and oxygen atoms in total.